The Balaban J connectivity index is 0. The lowest BCUT2D eigenvalue weighted by molar-refractivity contribution is -0.119. The van der Waals surface area contributed by atoms with E-state index in [1.54, 1.807) is 23.7 Å². The number of aromatic nitrogens is 1. The summed E-state index contributed by atoms with van der Waals surface area (Å²) in [4.78, 5) is 34.2. The Kier molecular flexibility index (Phi) is 37.5. The van der Waals surface area contributed by atoms with Gasteiger partial charge in [-0.2, -0.15) is 12.6 Å². The minimum absolute atomic E-state index is 0. The molecule has 6 nitrogen and oxygen atoms in total. The number of Topliss-reactive ketones (excluding diaryl/α,β-unsaturated/α-hetero) is 3. The number of hydrogen-bond acceptors (Lipinski definition) is 8. The summed E-state index contributed by atoms with van der Waals surface area (Å²) < 4.78 is 3.09. The minimum Gasteiger partial charge on any atom is -0.339 e. The first-order valence-corrected chi connectivity index (χ1v) is 33.9. The fraction of sp³-hybridized carbons (Fsp3) is 0.597. The highest BCUT2D eigenvalue weighted by molar-refractivity contribution is 9.09. The second kappa shape index (κ2) is 37.7. The maximum atomic E-state index is 11.5. The number of halogens is 4. The number of nitrogens with zero attached hydrogens (tertiary/aromatic N) is 2. The number of ketones is 3. The molecular formula is C72H115BrCl3N3O3S3. The fourth-order valence-corrected chi connectivity index (χ4v) is 10.4. The van der Waals surface area contributed by atoms with Gasteiger partial charge in [0.05, 0.1) is 23.3 Å². The molecule has 0 amide bonds. The largest absolute Gasteiger partial charge is 0.339 e. The fourth-order valence-electron chi connectivity index (χ4n) is 8.06. The van der Waals surface area contributed by atoms with Crippen LogP contribution in [0.5, 0.6) is 0 Å². The molecule has 1 aromatic heterocycles. The standard InChI is InChI=1S/C27H36ClNS.C16H19ClN2.C11H22OS.C7H13BrO.C7H14O.C4H10S.ClH/c1-18(2)20-11-14-23-22(15-20)25(30-27(6,7)8)24(16-26(3,4)5)29(23)17-19-9-12-21(28)13-10-19;1-12(2)14-5-9-16(10-6-14)19(18)11-13-3-7-15(17)8-4-13;1-10(2,3)7-9(12)8-13-11(4,5)6;1-7(2,3)4-6(9)5-8;1-6(8)5-7(2,3)4;1-4(2,3)5;/h9-15,18H,16-17H2,1-8H3;3-10,12H,11,18H2,1-2H3;7-8H2,1-6H3;4-5H2,1-3H3;5H2,1-4H3;5H,1-3H3;1H. The third-order valence-corrected chi connectivity index (χ3v) is 15.1. The smallest absolute Gasteiger partial charge is 0.143 e. The van der Waals surface area contributed by atoms with Crippen molar-refractivity contribution in [3.63, 3.8) is 0 Å². The van der Waals surface area contributed by atoms with E-state index in [9.17, 15) is 14.4 Å². The van der Waals surface area contributed by atoms with E-state index in [1.165, 1.54) is 38.2 Å². The van der Waals surface area contributed by atoms with Crippen molar-refractivity contribution in [1.29, 1.82) is 0 Å². The number of fused-ring (bicyclic) bond motifs is 1. The number of rotatable bonds is 15. The number of carbonyl (C=O) groups excluding carboxylic acids is 3. The zero-order chi connectivity index (χ0) is 65.6. The van der Waals surface area contributed by atoms with Crippen LogP contribution < -0.4 is 10.9 Å². The minimum atomic E-state index is 0. The van der Waals surface area contributed by atoms with E-state index >= 15 is 0 Å². The summed E-state index contributed by atoms with van der Waals surface area (Å²) in [6, 6.07) is 31.5. The van der Waals surface area contributed by atoms with Crippen LogP contribution in [0.15, 0.2) is 95.9 Å². The van der Waals surface area contributed by atoms with Crippen molar-refractivity contribution in [3.8, 4) is 0 Å². The molecule has 0 aliphatic heterocycles. The zero-order valence-electron chi connectivity index (χ0n) is 57.5. The summed E-state index contributed by atoms with van der Waals surface area (Å²) in [5.41, 5.74) is 9.61. The third-order valence-electron chi connectivity index (χ3n) is 11.4. The molecule has 0 atom stereocenters. The first-order chi connectivity index (χ1) is 37.9. The SMILES string of the molecule is CC(=O)CC(C)(C)C.CC(C)(C)CC(=O)CBr.CC(C)(C)CC(=O)CSC(C)(C)C.CC(C)(C)S.CC(C)c1ccc(N(N)Cc2ccc(Cl)cc2)cc1.CC(C)c1ccc2c(c1)c(SC(C)(C)C)c(CC(C)(C)C)n2Cc1ccc(Cl)cc1.Cl. The molecule has 85 heavy (non-hydrogen) atoms. The van der Waals surface area contributed by atoms with Crippen LogP contribution in [0.1, 0.15) is 239 Å². The average molecular weight is 1350 g/mol. The summed E-state index contributed by atoms with van der Waals surface area (Å²) in [7, 11) is 0. The highest BCUT2D eigenvalue weighted by atomic mass is 79.9. The maximum absolute atomic E-state index is 11.5. The van der Waals surface area contributed by atoms with Crippen LogP contribution in [0.25, 0.3) is 10.9 Å². The van der Waals surface area contributed by atoms with Crippen LogP contribution in [0, 0.1) is 21.7 Å². The number of alkyl halides is 1. The maximum Gasteiger partial charge on any atom is 0.143 e. The van der Waals surface area contributed by atoms with Crippen LogP contribution in [-0.4, -0.2) is 47.2 Å². The monoisotopic (exact) mass is 1350 g/mol. The van der Waals surface area contributed by atoms with Crippen molar-refractivity contribution in [3.05, 3.63) is 129 Å². The predicted molar refractivity (Wildman–Crippen MR) is 393 cm³/mol. The predicted octanol–water partition coefficient (Wildman–Crippen LogP) is 23.3. The van der Waals surface area contributed by atoms with Crippen LogP contribution in [0.4, 0.5) is 5.69 Å². The Hall–Kier alpha value is -2.41. The van der Waals surface area contributed by atoms with Crippen LogP contribution in [0.2, 0.25) is 10.0 Å². The molecule has 1 heterocycles. The number of thioether (sulfide) groups is 2. The average Bonchev–Trinajstić information content (AvgIpc) is 3.47. The lowest BCUT2D eigenvalue weighted by Gasteiger charge is -2.24. The third kappa shape index (κ3) is 43.0. The van der Waals surface area contributed by atoms with Crippen molar-refractivity contribution >= 4 is 122 Å². The van der Waals surface area contributed by atoms with Gasteiger partial charge in [0, 0.05) is 71.6 Å². The van der Waals surface area contributed by atoms with Gasteiger partial charge >= 0.3 is 0 Å². The molecule has 0 radical (unpaired) electrons. The highest BCUT2D eigenvalue weighted by Crippen LogP contribution is 2.44. The number of thiol groups is 1. The Morgan fingerprint density at radius 1 is 0.588 bits per heavy atom. The normalized spacial score (nSPS) is 12.0. The molecule has 13 heteroatoms. The van der Waals surface area contributed by atoms with Crippen LogP contribution >= 0.6 is 87.7 Å². The van der Waals surface area contributed by atoms with E-state index in [-0.39, 0.29) is 59.9 Å². The van der Waals surface area contributed by atoms with E-state index in [2.05, 4.69) is 261 Å². The van der Waals surface area contributed by atoms with E-state index in [4.69, 9.17) is 29.0 Å². The van der Waals surface area contributed by atoms with Gasteiger partial charge in [-0.1, -0.05) is 255 Å². The molecule has 4 aromatic carbocycles. The van der Waals surface area contributed by atoms with Crippen LogP contribution in [-0.2, 0) is 33.9 Å². The molecule has 0 saturated carbocycles. The molecule has 5 rings (SSSR count). The van der Waals surface area contributed by atoms with E-state index in [1.807, 2.05) is 48.2 Å². The molecule has 0 unspecified atom stereocenters. The topological polar surface area (TPSA) is 85.4 Å². The number of nitrogens with two attached hydrogens (primary N) is 1. The number of hydrogen-bond donors (Lipinski definition) is 2. The van der Waals surface area contributed by atoms with Gasteiger partial charge in [-0.05, 0) is 118 Å². The van der Waals surface area contributed by atoms with Gasteiger partial charge in [0.15, 0.2) is 0 Å². The van der Waals surface area contributed by atoms with Gasteiger partial charge in [0.1, 0.15) is 17.3 Å². The van der Waals surface area contributed by atoms with Gasteiger partial charge in [-0.25, -0.2) is 5.84 Å². The van der Waals surface area contributed by atoms with E-state index in [0.29, 0.717) is 54.5 Å². The molecule has 0 bridgehead atoms. The van der Waals surface area contributed by atoms with Gasteiger partial charge in [-0.15, -0.1) is 35.9 Å². The molecule has 0 aliphatic carbocycles. The van der Waals surface area contributed by atoms with Crippen molar-refractivity contribution in [1.82, 2.24) is 4.57 Å². The first-order valence-electron chi connectivity index (χ1n) is 29.8. The van der Waals surface area contributed by atoms with E-state index in [0.717, 1.165) is 34.3 Å². The Morgan fingerprint density at radius 2 is 1.00 bits per heavy atom. The lowest BCUT2D eigenvalue weighted by atomic mass is 9.90. The van der Waals surface area contributed by atoms with Crippen molar-refractivity contribution in [2.75, 3.05) is 16.1 Å². The van der Waals surface area contributed by atoms with Gasteiger partial charge in [0.2, 0.25) is 0 Å². The number of anilines is 1. The Labute approximate surface area is 558 Å². The van der Waals surface area contributed by atoms with Crippen molar-refractivity contribution in [2.24, 2.45) is 27.5 Å². The zero-order valence-corrected chi connectivity index (χ0v) is 63.9. The van der Waals surface area contributed by atoms with E-state index < -0.39 is 0 Å². The molecule has 2 N–H and O–H groups in total. The Morgan fingerprint density at radius 3 is 1.34 bits per heavy atom. The molecule has 0 spiro atoms. The second-order valence-corrected chi connectivity index (χ2v) is 37.0. The number of hydrazine groups is 1. The lowest BCUT2D eigenvalue weighted by Crippen LogP contribution is -2.29. The highest BCUT2D eigenvalue weighted by Gasteiger charge is 2.27. The molecule has 482 valence electrons. The molecular weight excluding hydrogens is 1240 g/mol. The second-order valence-electron chi connectivity index (χ2n) is 30.6. The quantitative estimate of drug-likeness (QED) is 0.0355. The molecule has 0 fully saturated rings. The van der Waals surface area contributed by atoms with Crippen molar-refractivity contribution < 1.29 is 14.4 Å². The van der Waals surface area contributed by atoms with Crippen molar-refractivity contribution in [2.45, 2.75) is 250 Å². The first kappa shape index (κ1) is 84.7. The van der Waals surface area contributed by atoms with Gasteiger partial charge in [-0.3, -0.25) is 9.59 Å². The summed E-state index contributed by atoms with van der Waals surface area (Å²) in [6.45, 7) is 57.3. The summed E-state index contributed by atoms with van der Waals surface area (Å²) in [5.74, 6) is 8.73. The summed E-state index contributed by atoms with van der Waals surface area (Å²) >= 11 is 23.0. The number of benzene rings is 4. The molecule has 0 saturated heterocycles. The number of carbonyl (C=O) groups is 3. The summed E-state index contributed by atoms with van der Waals surface area (Å²) in [6.07, 6.45) is 3.09. The summed E-state index contributed by atoms with van der Waals surface area (Å²) in [5, 5.41) is 5.16. The Bertz CT molecular complexity index is 2720. The van der Waals surface area contributed by atoms with Gasteiger partial charge in [0.25, 0.3) is 0 Å². The van der Waals surface area contributed by atoms with Crippen LogP contribution in [0.3, 0.4) is 0 Å². The van der Waals surface area contributed by atoms with Gasteiger partial charge < -0.3 is 14.4 Å². The molecule has 0 aliphatic rings. The molecule has 5 aromatic rings.